The van der Waals surface area contributed by atoms with E-state index in [0.29, 0.717) is 35.9 Å². The molecule has 0 aromatic heterocycles. The van der Waals surface area contributed by atoms with Crippen LogP contribution in [0.1, 0.15) is 106 Å². The summed E-state index contributed by atoms with van der Waals surface area (Å²) in [5, 5.41) is 13.2. The molecule has 5 aliphatic rings. The smallest absolute Gasteiger partial charge is 0.811 e. The zero-order chi connectivity index (χ0) is 29.7. The third-order valence-electron chi connectivity index (χ3n) is 11.8. The molecule has 3 saturated carbocycles. The molecule has 2 unspecified atom stereocenters. The van der Waals surface area contributed by atoms with E-state index < -0.39 is 18.1 Å². The average molecular weight is 802 g/mol. The predicted molar refractivity (Wildman–Crippen MR) is 157 cm³/mol. The van der Waals surface area contributed by atoms with Crippen LogP contribution in [-0.2, 0) is 4.79 Å². The minimum atomic E-state index is -4.09. The fourth-order valence-electron chi connectivity index (χ4n) is 9.58. The maximum absolute atomic E-state index is 12.8. The van der Waals surface area contributed by atoms with Gasteiger partial charge in [-0.1, -0.05) is 26.3 Å². The number of carbonyl (C=O) groups excluding carboxylic acids is 1. The first-order valence-electron chi connectivity index (χ1n) is 15.6. The Bertz CT molecular complexity index is 991. The zero-order valence-electron chi connectivity index (χ0n) is 26.3. The van der Waals surface area contributed by atoms with E-state index in [2.05, 4.69) is 19.2 Å². The molecule has 41 heavy (non-hydrogen) atoms. The zero-order valence-corrected chi connectivity index (χ0v) is 30.5. The van der Waals surface area contributed by atoms with Crippen LogP contribution in [0, 0.1) is 78.1 Å². The number of allylic oxidation sites excluding steroid dienone is 1. The van der Waals surface area contributed by atoms with Gasteiger partial charge in [-0.25, -0.2) is 5.71 Å². The number of fused-ring (bicyclic) bond motifs is 5. The van der Waals surface area contributed by atoms with E-state index in [4.69, 9.17) is 0 Å². The van der Waals surface area contributed by atoms with Crippen LogP contribution in [0.5, 0.6) is 0 Å². The van der Waals surface area contributed by atoms with Gasteiger partial charge in [0.2, 0.25) is 0 Å². The first-order valence-corrected chi connectivity index (χ1v) is 15.6. The Morgan fingerprint density at radius 2 is 1.76 bits per heavy atom. The number of hydrogen-bond acceptors (Lipinski definition) is 3. The van der Waals surface area contributed by atoms with Crippen LogP contribution in [0.25, 0.3) is 5.41 Å². The van der Waals surface area contributed by atoms with Gasteiger partial charge < -0.3 is 15.6 Å². The van der Waals surface area contributed by atoms with Crippen molar-refractivity contribution < 1.29 is 49.1 Å². The first-order chi connectivity index (χ1) is 18.5. The standard InChI is InChI=1S/C21H30NO.C12H22F3N2.U/c1-13(22)17-6-7-18-16-5-4-14-12-15(23)8-10-20(14,2)19(16)9-11-21(17,18)3;1-5-17(11(2,3)4)8-10-9(6-7-16-10)12(13,14)15;/h12,16-19H,4-11H2,1-3H3;5,9-10,16H,6-8H2,1-4H3;/q2*-1;+2/t16-,17+,18-,19-,20-,21+;;/m0../s1. The van der Waals surface area contributed by atoms with Gasteiger partial charge in [0.15, 0.2) is 5.78 Å². The second-order valence-corrected chi connectivity index (χ2v) is 14.9. The van der Waals surface area contributed by atoms with Gasteiger partial charge in [-0.2, -0.15) is 20.1 Å². The second-order valence-electron chi connectivity index (χ2n) is 14.9. The number of hydrogen-bond donors (Lipinski definition) is 1. The molecule has 1 aliphatic heterocycles. The summed E-state index contributed by atoms with van der Waals surface area (Å²) < 4.78 is 38.4. The molecule has 0 amide bonds. The van der Waals surface area contributed by atoms with Crippen molar-refractivity contribution >= 4 is 11.5 Å². The minimum absolute atomic E-state index is 0. The molecule has 0 spiro atoms. The van der Waals surface area contributed by atoms with Crippen molar-refractivity contribution in [1.82, 2.24) is 10.2 Å². The van der Waals surface area contributed by atoms with Gasteiger partial charge in [0.05, 0.1) is 5.92 Å². The fraction of sp³-hybridized carbons (Fsp3) is 0.848. The van der Waals surface area contributed by atoms with Gasteiger partial charge in [-0.05, 0) is 131 Å². The van der Waals surface area contributed by atoms with Crippen LogP contribution < -0.4 is 5.32 Å². The minimum Gasteiger partial charge on any atom is -0.811 e. The summed E-state index contributed by atoms with van der Waals surface area (Å²) >= 11 is 0. The number of halogens is 3. The van der Waals surface area contributed by atoms with Gasteiger partial charge in [-0.15, -0.1) is 0 Å². The number of rotatable bonds is 4. The molecule has 4 nitrogen and oxygen atoms in total. The molecular weight excluding hydrogens is 749 g/mol. The summed E-state index contributed by atoms with van der Waals surface area (Å²) in [6, 6.07) is -0.495. The van der Waals surface area contributed by atoms with Crippen molar-refractivity contribution in [3.8, 4) is 0 Å². The third-order valence-corrected chi connectivity index (χ3v) is 11.8. The van der Waals surface area contributed by atoms with Crippen molar-refractivity contribution in [3.05, 3.63) is 23.6 Å². The van der Waals surface area contributed by atoms with E-state index in [1.807, 2.05) is 52.1 Å². The van der Waals surface area contributed by atoms with Gasteiger partial charge >= 0.3 is 37.3 Å². The van der Waals surface area contributed by atoms with Crippen LogP contribution >= 0.6 is 0 Å². The van der Waals surface area contributed by atoms with Crippen LogP contribution in [-0.4, -0.2) is 47.2 Å². The molecule has 4 fully saturated rings. The molecule has 230 valence electrons. The summed E-state index contributed by atoms with van der Waals surface area (Å²) in [7, 11) is 0. The van der Waals surface area contributed by atoms with Crippen LogP contribution in [0.3, 0.4) is 0 Å². The molecule has 4 aliphatic carbocycles. The van der Waals surface area contributed by atoms with E-state index in [1.54, 1.807) is 0 Å². The van der Waals surface area contributed by atoms with Gasteiger partial charge in [0.25, 0.3) is 0 Å². The Morgan fingerprint density at radius 3 is 2.34 bits per heavy atom. The molecule has 1 N–H and O–H groups in total. The van der Waals surface area contributed by atoms with E-state index in [0.717, 1.165) is 37.0 Å². The Labute approximate surface area is 270 Å². The maximum Gasteiger partial charge on any atom is 2.00 e. The third kappa shape index (κ3) is 7.07. The van der Waals surface area contributed by atoms with Crippen molar-refractivity contribution in [1.29, 1.82) is 0 Å². The van der Waals surface area contributed by atoms with Crippen molar-refractivity contribution in [3.63, 3.8) is 0 Å². The van der Waals surface area contributed by atoms with Gasteiger partial charge in [0, 0.05) is 12.5 Å². The van der Waals surface area contributed by atoms with Crippen LogP contribution in [0.2, 0.25) is 0 Å². The molecule has 1 heterocycles. The van der Waals surface area contributed by atoms with Crippen molar-refractivity contribution in [2.24, 2.45) is 40.4 Å². The molecular formula is C33H52F3N3OU. The molecule has 1 saturated heterocycles. The van der Waals surface area contributed by atoms with E-state index in [1.165, 1.54) is 37.7 Å². The number of ketones is 1. The van der Waals surface area contributed by atoms with Crippen molar-refractivity contribution in [2.45, 2.75) is 124 Å². The number of nitrogens with zero attached hydrogens (tertiary/aromatic N) is 2. The first kappa shape index (κ1) is 35.3. The quantitative estimate of drug-likeness (QED) is 0.232. The van der Waals surface area contributed by atoms with Gasteiger partial charge in [0.1, 0.15) is 0 Å². The topological polar surface area (TPSA) is 54.6 Å². The van der Waals surface area contributed by atoms with E-state index in [-0.39, 0.29) is 48.5 Å². The Hall–Kier alpha value is -0.158. The molecule has 0 aromatic carbocycles. The SMILES string of the molecule is CC(=[N-])[C@H]1CC[C@H]2[C@@H]3CCC4=CC(=O)CC[C@]4(C)[C@H]3CC[C@]12C.C[CH-]N(CC1NCCC1C(F)(F)F)C(C)(C)C.[U+2]. The predicted octanol–water partition coefficient (Wildman–Crippen LogP) is 7.97. The summed E-state index contributed by atoms with van der Waals surface area (Å²) in [5.74, 6) is 1.87. The number of alkyl halides is 3. The molecule has 0 aromatic rings. The fourth-order valence-corrected chi connectivity index (χ4v) is 9.58. The molecule has 8 heteroatoms. The summed E-state index contributed by atoms with van der Waals surface area (Å²) in [6.45, 7) is 17.4. The average Bonchev–Trinajstić information content (AvgIpc) is 3.46. The van der Waals surface area contributed by atoms with Gasteiger partial charge in [-0.3, -0.25) is 11.3 Å². The maximum atomic E-state index is 12.8. The van der Waals surface area contributed by atoms with E-state index in [9.17, 15) is 23.4 Å². The Morgan fingerprint density at radius 1 is 1.07 bits per heavy atom. The van der Waals surface area contributed by atoms with Crippen LogP contribution in [0.4, 0.5) is 13.2 Å². The summed E-state index contributed by atoms with van der Waals surface area (Å²) in [6.07, 6.45) is 7.28. The van der Waals surface area contributed by atoms with Crippen LogP contribution in [0.15, 0.2) is 11.6 Å². The molecule has 0 bridgehead atoms. The Kier molecular flexibility index (Phi) is 11.3. The number of nitrogens with one attached hydrogen (secondary N) is 1. The normalized spacial score (nSPS) is 38.6. The second kappa shape index (κ2) is 13.1. The van der Waals surface area contributed by atoms with E-state index >= 15 is 0 Å². The molecule has 0 radical (unpaired) electrons. The number of carbonyl (C=O) groups is 1. The monoisotopic (exact) mass is 801 g/mol. The molecule has 5 rings (SSSR count). The summed E-state index contributed by atoms with van der Waals surface area (Å²) in [5.41, 5.74) is 2.56. The Balaban J connectivity index is 0.000000231. The molecule has 8 atom stereocenters. The summed E-state index contributed by atoms with van der Waals surface area (Å²) in [4.78, 5) is 13.8. The van der Waals surface area contributed by atoms with Crippen molar-refractivity contribution in [2.75, 3.05) is 13.1 Å². The largest absolute Gasteiger partial charge is 2.00 e.